The van der Waals surface area contributed by atoms with Crippen molar-refractivity contribution in [2.24, 2.45) is 5.92 Å². The van der Waals surface area contributed by atoms with E-state index in [1.807, 2.05) is 12.1 Å². The van der Waals surface area contributed by atoms with Gasteiger partial charge in [-0.1, -0.05) is 11.8 Å². The summed E-state index contributed by atoms with van der Waals surface area (Å²) in [5.41, 5.74) is 7.39. The standard InChI is InChI=1S/C24H27BrN6O5S/c1-14(32)36-12-20(33)30-5-2-15(3-6-30)4-7-31-23-21(22(26)27-13-28-23)29-24(31)37-19-11-18-17(10-16(19)25)34-8-9-35-18/h10-11,13,15H,2-9,12H2,1H3,(H2,26,27,28). The number of nitrogens with zero attached hydrogens (tertiary/aromatic N) is 5. The molecule has 2 N–H and O–H groups in total. The zero-order valence-electron chi connectivity index (χ0n) is 20.3. The summed E-state index contributed by atoms with van der Waals surface area (Å²) in [5.74, 6) is 1.60. The lowest BCUT2D eigenvalue weighted by Gasteiger charge is -2.32. The van der Waals surface area contributed by atoms with Gasteiger partial charge >= 0.3 is 5.97 Å². The summed E-state index contributed by atoms with van der Waals surface area (Å²) in [6.07, 6.45) is 4.12. The van der Waals surface area contributed by atoms with E-state index in [-0.39, 0.29) is 12.5 Å². The van der Waals surface area contributed by atoms with Gasteiger partial charge in [-0.2, -0.15) is 0 Å². The summed E-state index contributed by atoms with van der Waals surface area (Å²) < 4.78 is 19.3. The summed E-state index contributed by atoms with van der Waals surface area (Å²) in [6, 6.07) is 3.86. The number of nitrogen functional groups attached to an aromatic ring is 1. The number of ether oxygens (including phenoxy) is 3. The van der Waals surface area contributed by atoms with Crippen LogP contribution in [0.4, 0.5) is 5.82 Å². The lowest BCUT2D eigenvalue weighted by atomic mass is 9.93. The maximum atomic E-state index is 12.3. The molecule has 196 valence electrons. The quantitative estimate of drug-likeness (QED) is 0.408. The Morgan fingerprint density at radius 2 is 1.92 bits per heavy atom. The molecule has 0 atom stereocenters. The maximum absolute atomic E-state index is 12.3. The Labute approximate surface area is 226 Å². The number of benzene rings is 1. The Bertz CT molecular complexity index is 1330. The number of likely N-dealkylation sites (tertiary alicyclic amines) is 1. The molecular weight excluding hydrogens is 564 g/mol. The fourth-order valence-electron chi connectivity index (χ4n) is 4.47. The average molecular weight is 591 g/mol. The van der Waals surface area contributed by atoms with E-state index in [0.717, 1.165) is 33.8 Å². The number of aryl methyl sites for hydroxylation is 1. The highest BCUT2D eigenvalue weighted by Gasteiger charge is 2.25. The van der Waals surface area contributed by atoms with E-state index >= 15 is 0 Å². The van der Waals surface area contributed by atoms with Gasteiger partial charge in [-0.25, -0.2) is 15.0 Å². The van der Waals surface area contributed by atoms with Gasteiger partial charge in [-0.3, -0.25) is 9.59 Å². The highest BCUT2D eigenvalue weighted by molar-refractivity contribution is 9.10. The Morgan fingerprint density at radius 3 is 2.65 bits per heavy atom. The SMILES string of the molecule is CC(=O)OCC(=O)N1CCC(CCn2c(Sc3cc4c(cc3Br)OCCO4)nc3c(N)ncnc32)CC1. The fourth-order valence-corrected chi connectivity index (χ4v) is 5.98. The lowest BCUT2D eigenvalue weighted by molar-refractivity contribution is -0.150. The number of aromatic nitrogens is 4. The van der Waals surface area contributed by atoms with Crippen molar-refractivity contribution in [1.29, 1.82) is 0 Å². The van der Waals surface area contributed by atoms with Crippen LogP contribution < -0.4 is 15.2 Å². The van der Waals surface area contributed by atoms with Crippen molar-refractivity contribution in [2.45, 2.75) is 42.8 Å². The van der Waals surface area contributed by atoms with Crippen LogP contribution in [0, 0.1) is 5.92 Å². The van der Waals surface area contributed by atoms with Gasteiger partial charge in [0.1, 0.15) is 19.5 Å². The Morgan fingerprint density at radius 1 is 1.19 bits per heavy atom. The monoisotopic (exact) mass is 590 g/mol. The predicted molar refractivity (Wildman–Crippen MR) is 140 cm³/mol. The van der Waals surface area contributed by atoms with E-state index in [1.165, 1.54) is 25.0 Å². The van der Waals surface area contributed by atoms with Crippen molar-refractivity contribution < 1.29 is 23.8 Å². The van der Waals surface area contributed by atoms with Crippen LogP contribution in [0.5, 0.6) is 11.5 Å². The first-order valence-electron chi connectivity index (χ1n) is 12.0. The zero-order valence-corrected chi connectivity index (χ0v) is 22.7. The Kier molecular flexibility index (Phi) is 7.70. The van der Waals surface area contributed by atoms with Crippen molar-refractivity contribution in [3.05, 3.63) is 22.9 Å². The molecule has 0 spiro atoms. The molecule has 3 aromatic rings. The van der Waals surface area contributed by atoms with Crippen LogP contribution in [-0.4, -0.2) is 69.2 Å². The number of hydrogen-bond donors (Lipinski definition) is 1. The number of nitrogens with two attached hydrogens (primary N) is 1. The molecule has 0 unspecified atom stereocenters. The normalized spacial score (nSPS) is 15.7. The van der Waals surface area contributed by atoms with Crippen LogP contribution in [0.15, 0.2) is 33.0 Å². The number of esters is 1. The number of carbonyl (C=O) groups excluding carboxylic acids is 2. The number of hydrogen-bond acceptors (Lipinski definition) is 10. The van der Waals surface area contributed by atoms with Crippen LogP contribution in [0.3, 0.4) is 0 Å². The van der Waals surface area contributed by atoms with E-state index in [1.54, 1.807) is 4.90 Å². The number of piperidine rings is 1. The van der Waals surface area contributed by atoms with E-state index in [4.69, 9.17) is 24.9 Å². The van der Waals surface area contributed by atoms with Gasteiger partial charge in [0, 0.05) is 35.9 Å². The Balaban J connectivity index is 1.30. The first kappa shape index (κ1) is 25.6. The third-order valence-corrected chi connectivity index (χ3v) is 8.42. The largest absolute Gasteiger partial charge is 0.486 e. The smallest absolute Gasteiger partial charge is 0.303 e. The van der Waals surface area contributed by atoms with Gasteiger partial charge in [0.25, 0.3) is 5.91 Å². The number of anilines is 1. The minimum Gasteiger partial charge on any atom is -0.486 e. The highest BCUT2D eigenvalue weighted by Crippen LogP contribution is 2.42. The number of rotatable bonds is 7. The highest BCUT2D eigenvalue weighted by atomic mass is 79.9. The first-order chi connectivity index (χ1) is 17.9. The van der Waals surface area contributed by atoms with Crippen molar-refractivity contribution in [2.75, 3.05) is 38.6 Å². The van der Waals surface area contributed by atoms with Crippen molar-refractivity contribution in [3.8, 4) is 11.5 Å². The summed E-state index contributed by atoms with van der Waals surface area (Å²) in [4.78, 5) is 39.3. The molecule has 1 saturated heterocycles. The van der Waals surface area contributed by atoms with Crippen molar-refractivity contribution >= 4 is 56.6 Å². The molecule has 13 heteroatoms. The predicted octanol–water partition coefficient (Wildman–Crippen LogP) is 3.29. The van der Waals surface area contributed by atoms with Crippen LogP contribution >= 0.6 is 27.7 Å². The molecule has 1 aromatic carbocycles. The van der Waals surface area contributed by atoms with Crippen LogP contribution in [-0.2, 0) is 20.9 Å². The molecule has 11 nitrogen and oxygen atoms in total. The van der Waals surface area contributed by atoms with Crippen molar-refractivity contribution in [1.82, 2.24) is 24.4 Å². The number of fused-ring (bicyclic) bond motifs is 2. The molecule has 4 heterocycles. The molecule has 5 rings (SSSR count). The van der Waals surface area contributed by atoms with Crippen molar-refractivity contribution in [3.63, 3.8) is 0 Å². The summed E-state index contributed by atoms with van der Waals surface area (Å²) in [6.45, 7) is 4.14. The summed E-state index contributed by atoms with van der Waals surface area (Å²) in [7, 11) is 0. The van der Waals surface area contributed by atoms with E-state index in [0.29, 0.717) is 67.2 Å². The number of carbonyl (C=O) groups is 2. The van der Waals surface area contributed by atoms with E-state index in [2.05, 4.69) is 30.5 Å². The minimum atomic E-state index is -0.447. The molecule has 1 fully saturated rings. The topological polar surface area (TPSA) is 135 Å². The van der Waals surface area contributed by atoms with Crippen LogP contribution in [0.25, 0.3) is 11.2 Å². The lowest BCUT2D eigenvalue weighted by Crippen LogP contribution is -2.40. The number of imidazole rings is 1. The van der Waals surface area contributed by atoms with E-state index < -0.39 is 5.97 Å². The second-order valence-electron chi connectivity index (χ2n) is 8.90. The fraction of sp³-hybridized carbons (Fsp3) is 0.458. The second kappa shape index (κ2) is 11.1. The third kappa shape index (κ3) is 5.77. The van der Waals surface area contributed by atoms with Gasteiger partial charge in [-0.15, -0.1) is 0 Å². The average Bonchev–Trinajstić information content (AvgIpc) is 3.25. The molecular formula is C24H27BrN6O5S. The molecule has 2 aliphatic rings. The summed E-state index contributed by atoms with van der Waals surface area (Å²) >= 11 is 5.15. The zero-order chi connectivity index (χ0) is 25.9. The molecule has 2 aliphatic heterocycles. The maximum Gasteiger partial charge on any atom is 0.303 e. The van der Waals surface area contributed by atoms with Gasteiger partial charge in [0.2, 0.25) is 0 Å². The molecule has 0 bridgehead atoms. The Hall–Kier alpha value is -3.06. The van der Waals surface area contributed by atoms with Gasteiger partial charge in [0.05, 0.1) is 0 Å². The molecule has 0 saturated carbocycles. The summed E-state index contributed by atoms with van der Waals surface area (Å²) in [5, 5.41) is 0.758. The third-order valence-electron chi connectivity index (χ3n) is 6.45. The van der Waals surface area contributed by atoms with Gasteiger partial charge < -0.3 is 29.4 Å². The molecule has 0 aliphatic carbocycles. The van der Waals surface area contributed by atoms with Crippen LogP contribution in [0.2, 0.25) is 0 Å². The number of halogens is 1. The van der Waals surface area contributed by atoms with E-state index in [9.17, 15) is 9.59 Å². The molecule has 1 amide bonds. The molecule has 37 heavy (non-hydrogen) atoms. The first-order valence-corrected chi connectivity index (χ1v) is 13.6. The molecule has 2 aromatic heterocycles. The van der Waals surface area contributed by atoms with Gasteiger partial charge in [-0.05, 0) is 53.2 Å². The molecule has 0 radical (unpaired) electrons. The second-order valence-corrected chi connectivity index (χ2v) is 10.8. The van der Waals surface area contributed by atoms with Crippen LogP contribution in [0.1, 0.15) is 26.2 Å². The minimum absolute atomic E-state index is 0.148. The number of amides is 1. The van der Waals surface area contributed by atoms with Gasteiger partial charge in [0.15, 0.2) is 40.2 Å².